The quantitative estimate of drug-likeness (QED) is 0.180. The summed E-state index contributed by atoms with van der Waals surface area (Å²) in [6.45, 7) is 5.22. The molecule has 4 aromatic rings. The Kier molecular flexibility index (Phi) is 10.3. The van der Waals surface area contributed by atoms with Crippen molar-refractivity contribution in [3.63, 3.8) is 0 Å². The molecule has 1 amide bonds. The first-order chi connectivity index (χ1) is 22.7. The number of ether oxygens (including phenoxy) is 2. The molecule has 3 N–H and O–H groups in total. The first-order valence-corrected chi connectivity index (χ1v) is 16.6. The number of aliphatic hydroxyl groups excluding tert-OH is 1. The summed E-state index contributed by atoms with van der Waals surface area (Å²) >= 11 is 14.2. The molecule has 11 heteroatoms. The molecule has 6 rings (SSSR count). The third kappa shape index (κ3) is 7.24. The minimum absolute atomic E-state index is 0.101. The largest absolute Gasteiger partial charge is 0.496 e. The van der Waals surface area contributed by atoms with Crippen LogP contribution in [0.4, 0.5) is 0 Å². The number of hydrogen-bond donors (Lipinski definition) is 3. The molecule has 2 atom stereocenters. The van der Waals surface area contributed by atoms with E-state index < -0.39 is 6.10 Å². The number of pyridine rings is 2. The predicted molar refractivity (Wildman–Crippen MR) is 185 cm³/mol. The van der Waals surface area contributed by atoms with Gasteiger partial charge in [0.25, 0.3) is 0 Å². The van der Waals surface area contributed by atoms with Crippen molar-refractivity contribution < 1.29 is 19.4 Å². The molecule has 2 aromatic carbocycles. The smallest absolute Gasteiger partial charge is 0.220 e. The van der Waals surface area contributed by atoms with Crippen LogP contribution >= 0.6 is 23.2 Å². The van der Waals surface area contributed by atoms with Gasteiger partial charge in [-0.25, -0.2) is 4.98 Å². The van der Waals surface area contributed by atoms with E-state index in [0.29, 0.717) is 59.9 Å². The number of fused-ring (bicyclic) bond motifs is 1. The molecule has 0 saturated carbocycles. The van der Waals surface area contributed by atoms with Crippen LogP contribution in [-0.4, -0.2) is 71.9 Å². The number of rotatable bonds is 11. The van der Waals surface area contributed by atoms with Crippen LogP contribution in [0.1, 0.15) is 36.5 Å². The Bertz CT molecular complexity index is 1770. The fraction of sp³-hybridized carbons (Fsp3) is 0.361. The minimum Gasteiger partial charge on any atom is -0.496 e. The number of aromatic nitrogens is 2. The number of nitrogens with one attached hydrogen (secondary N) is 2. The van der Waals surface area contributed by atoms with Gasteiger partial charge < -0.3 is 25.2 Å². The summed E-state index contributed by atoms with van der Waals surface area (Å²) in [5.41, 5.74) is 7.69. The van der Waals surface area contributed by atoms with Crippen LogP contribution in [0.3, 0.4) is 0 Å². The zero-order valence-corrected chi connectivity index (χ0v) is 28.3. The monoisotopic (exact) mass is 675 g/mol. The molecule has 1 saturated heterocycles. The van der Waals surface area contributed by atoms with E-state index in [1.54, 1.807) is 20.4 Å². The Morgan fingerprint density at radius 2 is 1.87 bits per heavy atom. The molecule has 246 valence electrons. The third-order valence-corrected chi connectivity index (χ3v) is 9.56. The van der Waals surface area contributed by atoms with Crippen LogP contribution in [0, 0.1) is 0 Å². The number of benzene rings is 2. The zero-order valence-electron chi connectivity index (χ0n) is 26.8. The molecule has 1 fully saturated rings. The number of carbonyl (C=O) groups is 1. The Hall–Kier alpha value is -3.73. The molecule has 0 unspecified atom stereocenters. The van der Waals surface area contributed by atoms with Gasteiger partial charge in [0.15, 0.2) is 0 Å². The topological polar surface area (TPSA) is 109 Å². The average molecular weight is 677 g/mol. The SMILES string of the molecule is COc1cc(-c2nccc(-c3cccc(-c4ccc(CNC[C@H]5CCC(=O)N5)c(OC)n4)c3Cl)c2Cl)cc2c1CN(C[C@H](C)O)CC2. The second-order valence-corrected chi connectivity index (χ2v) is 12.9. The fourth-order valence-electron chi connectivity index (χ4n) is 6.47. The lowest BCUT2D eigenvalue weighted by atomic mass is 9.93. The standard InChI is InChI=1S/C36H39Cl2N5O4/c1-21(44)19-43-14-12-22-15-24(16-31(46-2)29(22)20-43)35-34(38)27(11-13-40-35)26-5-4-6-28(33(26)37)30-9-7-23(36(42-30)47-3)17-39-18-25-8-10-32(45)41-25/h4-7,9,11,13,15-16,21,25,39,44H,8,10,12,14,17-20H2,1-3H3,(H,41,45)/t21-,25+/m0/s1. The Balaban J connectivity index is 1.27. The van der Waals surface area contributed by atoms with E-state index >= 15 is 0 Å². The highest BCUT2D eigenvalue weighted by atomic mass is 35.5. The van der Waals surface area contributed by atoms with Crippen molar-refractivity contribution in [1.82, 2.24) is 25.5 Å². The number of halogens is 2. The number of methoxy groups -OCH3 is 2. The van der Waals surface area contributed by atoms with Crippen LogP contribution in [-0.2, 0) is 24.3 Å². The van der Waals surface area contributed by atoms with Gasteiger partial charge in [-0.1, -0.05) is 47.5 Å². The number of β-amino-alcohol motifs (C(OH)–C–C–N with tert-alkyl or cyclic N) is 1. The molecule has 2 aromatic heterocycles. The number of hydrogen-bond acceptors (Lipinski definition) is 8. The van der Waals surface area contributed by atoms with Crippen molar-refractivity contribution in [2.24, 2.45) is 0 Å². The van der Waals surface area contributed by atoms with Gasteiger partial charge >= 0.3 is 0 Å². The van der Waals surface area contributed by atoms with Crippen LogP contribution in [0.15, 0.2) is 54.7 Å². The maximum Gasteiger partial charge on any atom is 0.220 e. The molecule has 0 aliphatic carbocycles. The molecule has 47 heavy (non-hydrogen) atoms. The van der Waals surface area contributed by atoms with E-state index in [1.807, 2.05) is 49.4 Å². The molecule has 4 heterocycles. The van der Waals surface area contributed by atoms with Gasteiger partial charge in [0.05, 0.1) is 41.8 Å². The highest BCUT2D eigenvalue weighted by Crippen LogP contribution is 2.43. The molecule has 2 aliphatic heterocycles. The lowest BCUT2D eigenvalue weighted by Gasteiger charge is -2.31. The van der Waals surface area contributed by atoms with Crippen LogP contribution in [0.5, 0.6) is 11.6 Å². The molecule has 9 nitrogen and oxygen atoms in total. The Labute approximate surface area is 285 Å². The van der Waals surface area contributed by atoms with Gasteiger partial charge in [-0.15, -0.1) is 0 Å². The van der Waals surface area contributed by atoms with Crippen molar-refractivity contribution >= 4 is 29.1 Å². The summed E-state index contributed by atoms with van der Waals surface area (Å²) in [7, 11) is 3.28. The average Bonchev–Trinajstić information content (AvgIpc) is 3.49. The van der Waals surface area contributed by atoms with E-state index in [1.165, 1.54) is 5.56 Å². The van der Waals surface area contributed by atoms with Gasteiger partial charge in [0.1, 0.15) is 5.75 Å². The normalized spacial score (nSPS) is 16.9. The van der Waals surface area contributed by atoms with Crippen molar-refractivity contribution in [2.45, 2.75) is 51.4 Å². The minimum atomic E-state index is -0.392. The Morgan fingerprint density at radius 3 is 2.62 bits per heavy atom. The predicted octanol–water partition coefficient (Wildman–Crippen LogP) is 5.91. The lowest BCUT2D eigenvalue weighted by Crippen LogP contribution is -2.35. The van der Waals surface area contributed by atoms with E-state index in [2.05, 4.69) is 26.6 Å². The highest BCUT2D eigenvalue weighted by molar-refractivity contribution is 6.39. The first kappa shape index (κ1) is 33.2. The summed E-state index contributed by atoms with van der Waals surface area (Å²) in [4.78, 5) is 23.2. The van der Waals surface area contributed by atoms with Gasteiger partial charge in [-0.3, -0.25) is 14.7 Å². The number of nitrogens with zero attached hydrogens (tertiary/aromatic N) is 3. The summed E-state index contributed by atoms with van der Waals surface area (Å²) in [6.07, 6.45) is 3.60. The summed E-state index contributed by atoms with van der Waals surface area (Å²) in [6, 6.07) is 15.9. The van der Waals surface area contributed by atoms with Gasteiger partial charge in [0.2, 0.25) is 11.8 Å². The maximum absolute atomic E-state index is 11.5. The van der Waals surface area contributed by atoms with Crippen LogP contribution in [0.25, 0.3) is 33.6 Å². The molecule has 0 radical (unpaired) electrons. The third-order valence-electron chi connectivity index (χ3n) is 8.77. The second-order valence-electron chi connectivity index (χ2n) is 12.1. The van der Waals surface area contributed by atoms with Crippen molar-refractivity contribution in [3.05, 3.63) is 81.5 Å². The molecule has 0 bridgehead atoms. The number of amides is 1. The zero-order chi connectivity index (χ0) is 33.1. The number of carbonyl (C=O) groups excluding carboxylic acids is 1. The van der Waals surface area contributed by atoms with E-state index in [0.717, 1.165) is 58.5 Å². The van der Waals surface area contributed by atoms with E-state index in [4.69, 9.17) is 37.7 Å². The number of aliphatic hydroxyl groups is 1. The van der Waals surface area contributed by atoms with Crippen LogP contribution < -0.4 is 20.1 Å². The summed E-state index contributed by atoms with van der Waals surface area (Å²) < 4.78 is 11.5. The Morgan fingerprint density at radius 1 is 1.06 bits per heavy atom. The summed E-state index contributed by atoms with van der Waals surface area (Å²) in [5.74, 6) is 1.39. The van der Waals surface area contributed by atoms with Crippen molar-refractivity contribution in [2.75, 3.05) is 33.9 Å². The van der Waals surface area contributed by atoms with Crippen molar-refractivity contribution in [3.8, 4) is 45.3 Å². The second kappa shape index (κ2) is 14.6. The molecule has 0 spiro atoms. The van der Waals surface area contributed by atoms with Gasteiger partial charge in [-0.05, 0) is 49.6 Å². The molecular weight excluding hydrogens is 637 g/mol. The fourth-order valence-corrected chi connectivity index (χ4v) is 7.12. The first-order valence-electron chi connectivity index (χ1n) is 15.8. The van der Waals surface area contributed by atoms with E-state index in [9.17, 15) is 9.90 Å². The molecule has 2 aliphatic rings. The lowest BCUT2D eigenvalue weighted by molar-refractivity contribution is -0.119. The van der Waals surface area contributed by atoms with Crippen LogP contribution in [0.2, 0.25) is 10.0 Å². The highest BCUT2D eigenvalue weighted by Gasteiger charge is 2.24. The van der Waals surface area contributed by atoms with Gasteiger partial charge in [-0.2, -0.15) is 0 Å². The summed E-state index contributed by atoms with van der Waals surface area (Å²) in [5, 5.41) is 17.3. The maximum atomic E-state index is 11.5. The van der Waals surface area contributed by atoms with Gasteiger partial charge in [0, 0.05) is 84.8 Å². The van der Waals surface area contributed by atoms with E-state index in [-0.39, 0.29) is 11.9 Å². The van der Waals surface area contributed by atoms with Crippen molar-refractivity contribution in [1.29, 1.82) is 0 Å². The molecular formula is C36H39Cl2N5O4.